The van der Waals surface area contributed by atoms with Crippen molar-refractivity contribution < 1.29 is 8.42 Å². The summed E-state index contributed by atoms with van der Waals surface area (Å²) in [5.74, 6) is 0. The van der Waals surface area contributed by atoms with Gasteiger partial charge in [-0.25, -0.2) is 8.42 Å². The molecule has 0 aliphatic heterocycles. The number of sulfonamides is 1. The zero-order chi connectivity index (χ0) is 16.3. The van der Waals surface area contributed by atoms with Gasteiger partial charge in [-0.05, 0) is 43.0 Å². The monoisotopic (exact) mass is 376 g/mol. The SMILES string of the molecule is CCCN(CC(C)(C)CN)S(=O)(=O)c1cc(Br)ccc1C. The third-order valence-electron chi connectivity index (χ3n) is 3.40. The van der Waals surface area contributed by atoms with Gasteiger partial charge in [0, 0.05) is 17.6 Å². The number of hydrogen-bond acceptors (Lipinski definition) is 3. The van der Waals surface area contributed by atoms with Gasteiger partial charge in [0.1, 0.15) is 0 Å². The number of halogens is 1. The van der Waals surface area contributed by atoms with Gasteiger partial charge in [-0.1, -0.05) is 42.8 Å². The van der Waals surface area contributed by atoms with Crippen molar-refractivity contribution in [1.82, 2.24) is 4.31 Å². The lowest BCUT2D eigenvalue weighted by Crippen LogP contribution is -2.42. The van der Waals surface area contributed by atoms with E-state index in [1.165, 1.54) is 0 Å². The Morgan fingerprint density at radius 1 is 1.33 bits per heavy atom. The van der Waals surface area contributed by atoms with E-state index in [0.29, 0.717) is 24.5 Å². The van der Waals surface area contributed by atoms with E-state index < -0.39 is 10.0 Å². The summed E-state index contributed by atoms with van der Waals surface area (Å²) in [5.41, 5.74) is 6.26. The van der Waals surface area contributed by atoms with Crippen LogP contribution in [0.3, 0.4) is 0 Å². The van der Waals surface area contributed by atoms with Crippen molar-refractivity contribution in [2.75, 3.05) is 19.6 Å². The van der Waals surface area contributed by atoms with Crippen LogP contribution in [0.15, 0.2) is 27.6 Å². The van der Waals surface area contributed by atoms with Gasteiger partial charge in [0.25, 0.3) is 0 Å². The van der Waals surface area contributed by atoms with E-state index in [1.807, 2.05) is 39.8 Å². The van der Waals surface area contributed by atoms with Crippen LogP contribution in [0.4, 0.5) is 0 Å². The van der Waals surface area contributed by atoms with E-state index in [0.717, 1.165) is 16.5 Å². The molecular formula is C15H25BrN2O2S. The highest BCUT2D eigenvalue weighted by Gasteiger charge is 2.30. The molecule has 0 spiro atoms. The lowest BCUT2D eigenvalue weighted by Gasteiger charge is -2.31. The second-order valence-electron chi connectivity index (χ2n) is 6.12. The average molecular weight is 377 g/mol. The smallest absolute Gasteiger partial charge is 0.243 e. The van der Waals surface area contributed by atoms with Crippen LogP contribution in [-0.4, -0.2) is 32.4 Å². The summed E-state index contributed by atoms with van der Waals surface area (Å²) in [5, 5.41) is 0. The van der Waals surface area contributed by atoms with E-state index in [2.05, 4.69) is 15.9 Å². The van der Waals surface area contributed by atoms with Crippen molar-refractivity contribution >= 4 is 26.0 Å². The minimum Gasteiger partial charge on any atom is -0.330 e. The second-order valence-corrected chi connectivity index (χ2v) is 8.94. The first-order chi connectivity index (χ1) is 9.64. The van der Waals surface area contributed by atoms with Gasteiger partial charge >= 0.3 is 0 Å². The average Bonchev–Trinajstić information content (AvgIpc) is 2.40. The molecule has 0 heterocycles. The molecule has 0 saturated heterocycles. The minimum absolute atomic E-state index is 0.248. The fourth-order valence-corrected chi connectivity index (χ4v) is 4.55. The maximum Gasteiger partial charge on any atom is 0.243 e. The third-order valence-corrected chi connectivity index (χ3v) is 5.88. The lowest BCUT2D eigenvalue weighted by atomic mass is 9.94. The summed E-state index contributed by atoms with van der Waals surface area (Å²) in [7, 11) is -3.51. The molecule has 1 aromatic rings. The Morgan fingerprint density at radius 3 is 2.48 bits per heavy atom. The highest BCUT2D eigenvalue weighted by molar-refractivity contribution is 9.10. The number of rotatable bonds is 7. The van der Waals surface area contributed by atoms with Crippen molar-refractivity contribution in [3.63, 3.8) is 0 Å². The molecule has 0 bridgehead atoms. The molecule has 0 aromatic heterocycles. The molecule has 120 valence electrons. The van der Waals surface area contributed by atoms with E-state index in [9.17, 15) is 8.42 Å². The third kappa shape index (κ3) is 4.77. The zero-order valence-electron chi connectivity index (χ0n) is 13.2. The van der Waals surface area contributed by atoms with Crippen LogP contribution in [0, 0.1) is 12.3 Å². The summed E-state index contributed by atoms with van der Waals surface area (Å²) in [6, 6.07) is 5.33. The first kappa shape index (κ1) is 18.6. The predicted molar refractivity (Wildman–Crippen MR) is 90.8 cm³/mol. The Balaban J connectivity index is 3.25. The quantitative estimate of drug-likeness (QED) is 0.794. The van der Waals surface area contributed by atoms with Gasteiger partial charge < -0.3 is 5.73 Å². The van der Waals surface area contributed by atoms with Gasteiger partial charge in [0.2, 0.25) is 10.0 Å². The fraction of sp³-hybridized carbons (Fsp3) is 0.600. The minimum atomic E-state index is -3.51. The summed E-state index contributed by atoms with van der Waals surface area (Å²) in [4.78, 5) is 0.359. The van der Waals surface area contributed by atoms with Crippen molar-refractivity contribution in [2.45, 2.75) is 39.0 Å². The van der Waals surface area contributed by atoms with E-state index in [1.54, 1.807) is 10.4 Å². The number of benzene rings is 1. The molecule has 6 heteroatoms. The normalized spacial score (nSPS) is 12.9. The lowest BCUT2D eigenvalue weighted by molar-refractivity contribution is 0.266. The predicted octanol–water partition coefficient (Wildman–Crippen LogP) is 3.14. The van der Waals surface area contributed by atoms with Crippen molar-refractivity contribution in [3.05, 3.63) is 28.2 Å². The van der Waals surface area contributed by atoms with Crippen LogP contribution < -0.4 is 5.73 Å². The van der Waals surface area contributed by atoms with Crippen LogP contribution in [0.1, 0.15) is 32.8 Å². The Kier molecular flexibility index (Phi) is 6.40. The standard InChI is InChI=1S/C15H25BrN2O2S/c1-5-8-18(11-15(3,4)10-17)21(19,20)14-9-13(16)7-6-12(14)2/h6-7,9H,5,8,10-11,17H2,1-4H3. The molecule has 4 nitrogen and oxygen atoms in total. The maximum absolute atomic E-state index is 13.0. The first-order valence-electron chi connectivity index (χ1n) is 7.10. The summed E-state index contributed by atoms with van der Waals surface area (Å²) < 4.78 is 28.2. The van der Waals surface area contributed by atoms with Crippen LogP contribution >= 0.6 is 15.9 Å². The molecule has 21 heavy (non-hydrogen) atoms. The van der Waals surface area contributed by atoms with Gasteiger partial charge in [0.05, 0.1) is 4.90 Å². The Hall–Kier alpha value is -0.430. The van der Waals surface area contributed by atoms with Gasteiger partial charge in [-0.2, -0.15) is 4.31 Å². The van der Waals surface area contributed by atoms with Crippen molar-refractivity contribution in [1.29, 1.82) is 0 Å². The van der Waals surface area contributed by atoms with Gasteiger partial charge in [-0.15, -0.1) is 0 Å². The summed E-state index contributed by atoms with van der Waals surface area (Å²) >= 11 is 3.35. The largest absolute Gasteiger partial charge is 0.330 e. The first-order valence-corrected chi connectivity index (χ1v) is 9.34. The number of nitrogens with two attached hydrogens (primary N) is 1. The molecule has 0 aliphatic carbocycles. The van der Waals surface area contributed by atoms with Crippen LogP contribution in [-0.2, 0) is 10.0 Å². The Bertz CT molecular complexity index is 585. The maximum atomic E-state index is 13.0. The van der Waals surface area contributed by atoms with Crippen LogP contribution in [0.5, 0.6) is 0 Å². The molecule has 1 rings (SSSR count). The molecule has 0 atom stereocenters. The molecular weight excluding hydrogens is 352 g/mol. The van der Waals surface area contributed by atoms with Crippen LogP contribution in [0.25, 0.3) is 0 Å². The molecule has 0 fully saturated rings. The Morgan fingerprint density at radius 2 is 1.95 bits per heavy atom. The Labute approximate surface area is 136 Å². The molecule has 2 N–H and O–H groups in total. The van der Waals surface area contributed by atoms with Gasteiger partial charge in [0.15, 0.2) is 0 Å². The number of hydrogen-bond donors (Lipinski definition) is 1. The van der Waals surface area contributed by atoms with Crippen molar-refractivity contribution in [3.8, 4) is 0 Å². The fourth-order valence-electron chi connectivity index (χ4n) is 2.07. The number of aryl methyl sites for hydroxylation is 1. The van der Waals surface area contributed by atoms with Crippen LogP contribution in [0.2, 0.25) is 0 Å². The molecule has 1 aromatic carbocycles. The zero-order valence-corrected chi connectivity index (χ0v) is 15.6. The van der Waals surface area contributed by atoms with Crippen molar-refractivity contribution in [2.24, 2.45) is 11.1 Å². The molecule has 0 amide bonds. The highest BCUT2D eigenvalue weighted by atomic mass is 79.9. The molecule has 0 aliphatic rings. The second kappa shape index (κ2) is 7.22. The van der Waals surface area contributed by atoms with E-state index in [-0.39, 0.29) is 5.41 Å². The molecule has 0 radical (unpaired) electrons. The molecule has 0 unspecified atom stereocenters. The molecule has 0 saturated carbocycles. The number of nitrogens with zero attached hydrogens (tertiary/aromatic N) is 1. The summed E-state index contributed by atoms with van der Waals surface area (Å²) in [6.07, 6.45) is 0.771. The topological polar surface area (TPSA) is 63.4 Å². The highest BCUT2D eigenvalue weighted by Crippen LogP contribution is 2.26. The van der Waals surface area contributed by atoms with Gasteiger partial charge in [-0.3, -0.25) is 0 Å². The summed E-state index contributed by atoms with van der Waals surface area (Å²) in [6.45, 7) is 9.13. The van der Waals surface area contributed by atoms with E-state index in [4.69, 9.17) is 5.73 Å². The van der Waals surface area contributed by atoms with E-state index >= 15 is 0 Å².